The first-order valence-electron chi connectivity index (χ1n) is 7.48. The first-order chi connectivity index (χ1) is 11.4. The van der Waals surface area contributed by atoms with Crippen molar-refractivity contribution < 1.29 is 17.7 Å². The highest BCUT2D eigenvalue weighted by Gasteiger charge is 2.24. The lowest BCUT2D eigenvalue weighted by molar-refractivity contribution is -0.119. The number of aromatic nitrogens is 2. The van der Waals surface area contributed by atoms with Crippen LogP contribution in [-0.2, 0) is 21.2 Å². The lowest BCUT2D eigenvalue weighted by Crippen LogP contribution is -2.37. The second-order valence-electron chi connectivity index (χ2n) is 5.29. The molecule has 0 fully saturated rings. The van der Waals surface area contributed by atoms with E-state index < -0.39 is 15.9 Å². The van der Waals surface area contributed by atoms with Crippen molar-refractivity contribution in [1.29, 1.82) is 0 Å². The number of carbonyl (C=O) groups is 1. The van der Waals surface area contributed by atoms with Crippen molar-refractivity contribution in [3.63, 3.8) is 0 Å². The summed E-state index contributed by atoms with van der Waals surface area (Å²) >= 11 is 0. The summed E-state index contributed by atoms with van der Waals surface area (Å²) in [5.74, 6) is -0.201. The first-order valence-corrected chi connectivity index (χ1v) is 8.96. The summed E-state index contributed by atoms with van der Waals surface area (Å²) in [7, 11) is -3.82. The standard InChI is InChI=1S/C15H20N4O4S/c1-11-15(12(2)23-19-11)24(21,22)18-10-14(20)17-8-4-6-13-5-3-7-16-9-13/h3,5,7,9,18H,4,6,8,10H2,1-2H3,(H,17,20). The number of amides is 1. The third-order valence-corrected chi connectivity index (χ3v) is 4.99. The van der Waals surface area contributed by atoms with Gasteiger partial charge in [0.1, 0.15) is 10.6 Å². The second-order valence-corrected chi connectivity index (χ2v) is 7.00. The van der Waals surface area contributed by atoms with Gasteiger partial charge in [-0.3, -0.25) is 9.78 Å². The molecule has 9 heteroatoms. The minimum atomic E-state index is -3.82. The Morgan fingerprint density at radius 2 is 2.12 bits per heavy atom. The molecule has 2 N–H and O–H groups in total. The average molecular weight is 352 g/mol. The maximum absolute atomic E-state index is 12.2. The number of pyridine rings is 1. The molecule has 24 heavy (non-hydrogen) atoms. The molecule has 0 saturated carbocycles. The van der Waals surface area contributed by atoms with Crippen molar-refractivity contribution in [2.75, 3.05) is 13.1 Å². The van der Waals surface area contributed by atoms with E-state index in [4.69, 9.17) is 4.52 Å². The number of hydrogen-bond donors (Lipinski definition) is 2. The lowest BCUT2D eigenvalue weighted by Gasteiger charge is -2.07. The molecule has 2 heterocycles. The van der Waals surface area contributed by atoms with Gasteiger partial charge in [-0.15, -0.1) is 0 Å². The predicted molar refractivity (Wildman–Crippen MR) is 86.7 cm³/mol. The van der Waals surface area contributed by atoms with Crippen LogP contribution in [0.25, 0.3) is 0 Å². The van der Waals surface area contributed by atoms with Gasteiger partial charge < -0.3 is 9.84 Å². The van der Waals surface area contributed by atoms with Crippen LogP contribution in [0, 0.1) is 13.8 Å². The molecule has 0 spiro atoms. The number of rotatable bonds is 8. The molecule has 8 nitrogen and oxygen atoms in total. The van der Waals surface area contributed by atoms with Crippen LogP contribution in [0.5, 0.6) is 0 Å². The minimum absolute atomic E-state index is 0.0214. The van der Waals surface area contributed by atoms with Gasteiger partial charge in [0.25, 0.3) is 0 Å². The highest BCUT2D eigenvalue weighted by molar-refractivity contribution is 7.89. The molecular weight excluding hydrogens is 332 g/mol. The average Bonchev–Trinajstić information content (AvgIpc) is 2.90. The SMILES string of the molecule is Cc1noc(C)c1S(=O)(=O)NCC(=O)NCCCc1cccnc1. The number of carbonyl (C=O) groups excluding carboxylic acids is 1. The summed E-state index contributed by atoms with van der Waals surface area (Å²) in [6, 6.07) is 3.82. The summed E-state index contributed by atoms with van der Waals surface area (Å²) in [5, 5.41) is 6.27. The summed E-state index contributed by atoms with van der Waals surface area (Å²) in [6.45, 7) is 3.16. The Labute approximate surface area is 140 Å². The Morgan fingerprint density at radius 1 is 1.33 bits per heavy atom. The molecule has 0 aliphatic heterocycles. The molecule has 0 aliphatic rings. The summed E-state index contributed by atoms with van der Waals surface area (Å²) in [6.07, 6.45) is 5.02. The van der Waals surface area contributed by atoms with E-state index in [1.807, 2.05) is 12.1 Å². The van der Waals surface area contributed by atoms with Crippen molar-refractivity contribution in [3.05, 3.63) is 41.5 Å². The fourth-order valence-corrected chi connectivity index (χ4v) is 3.53. The van der Waals surface area contributed by atoms with E-state index in [1.54, 1.807) is 12.4 Å². The quantitative estimate of drug-likeness (QED) is 0.677. The second kappa shape index (κ2) is 8.02. The van der Waals surface area contributed by atoms with Gasteiger partial charge in [0.05, 0.1) is 6.54 Å². The molecule has 130 valence electrons. The lowest BCUT2D eigenvalue weighted by atomic mass is 10.1. The molecule has 0 bridgehead atoms. The zero-order valence-electron chi connectivity index (χ0n) is 13.6. The highest BCUT2D eigenvalue weighted by atomic mass is 32.2. The monoisotopic (exact) mass is 352 g/mol. The van der Waals surface area contributed by atoms with Crippen LogP contribution in [0.4, 0.5) is 0 Å². The highest BCUT2D eigenvalue weighted by Crippen LogP contribution is 2.18. The molecule has 0 saturated heterocycles. The van der Waals surface area contributed by atoms with Crippen LogP contribution in [0.2, 0.25) is 0 Å². The van der Waals surface area contributed by atoms with Crippen LogP contribution >= 0.6 is 0 Å². The molecule has 2 aromatic heterocycles. The molecule has 2 rings (SSSR count). The van der Waals surface area contributed by atoms with Crippen molar-refractivity contribution >= 4 is 15.9 Å². The Morgan fingerprint density at radius 3 is 2.75 bits per heavy atom. The third kappa shape index (κ3) is 4.87. The van der Waals surface area contributed by atoms with Gasteiger partial charge in [0.2, 0.25) is 15.9 Å². The Kier molecular flexibility index (Phi) is 6.04. The molecule has 0 atom stereocenters. The first kappa shape index (κ1) is 18.1. The van der Waals surface area contributed by atoms with E-state index in [0.29, 0.717) is 6.54 Å². The van der Waals surface area contributed by atoms with Gasteiger partial charge in [-0.05, 0) is 38.3 Å². The van der Waals surface area contributed by atoms with Crippen molar-refractivity contribution in [1.82, 2.24) is 20.2 Å². The van der Waals surface area contributed by atoms with Crippen LogP contribution in [-0.4, -0.2) is 37.6 Å². The van der Waals surface area contributed by atoms with Crippen molar-refractivity contribution in [2.24, 2.45) is 0 Å². The van der Waals surface area contributed by atoms with Gasteiger partial charge in [0, 0.05) is 18.9 Å². The number of aryl methyl sites for hydroxylation is 3. The summed E-state index contributed by atoms with van der Waals surface area (Å²) in [5.41, 5.74) is 1.35. The number of nitrogens with zero attached hydrogens (tertiary/aromatic N) is 2. The molecule has 2 aromatic rings. The number of hydrogen-bond acceptors (Lipinski definition) is 6. The topological polar surface area (TPSA) is 114 Å². The zero-order chi connectivity index (χ0) is 17.6. The largest absolute Gasteiger partial charge is 0.360 e. The van der Waals surface area contributed by atoms with Gasteiger partial charge in [-0.2, -0.15) is 0 Å². The van der Waals surface area contributed by atoms with Crippen LogP contribution in [0.3, 0.4) is 0 Å². The minimum Gasteiger partial charge on any atom is -0.360 e. The third-order valence-electron chi connectivity index (χ3n) is 3.35. The molecule has 0 unspecified atom stereocenters. The predicted octanol–water partition coefficient (Wildman–Crippen LogP) is 0.714. The van der Waals surface area contributed by atoms with Crippen LogP contribution in [0.15, 0.2) is 33.9 Å². The van der Waals surface area contributed by atoms with E-state index in [9.17, 15) is 13.2 Å². The Balaban J connectivity index is 1.75. The van der Waals surface area contributed by atoms with Crippen molar-refractivity contribution in [2.45, 2.75) is 31.6 Å². The Bertz CT molecular complexity index is 768. The molecule has 0 aliphatic carbocycles. The molecular formula is C15H20N4O4S. The molecule has 0 aromatic carbocycles. The van der Waals surface area contributed by atoms with E-state index in [-0.39, 0.29) is 22.9 Å². The fraction of sp³-hybridized carbons (Fsp3) is 0.400. The van der Waals surface area contributed by atoms with E-state index in [1.165, 1.54) is 13.8 Å². The van der Waals surface area contributed by atoms with Crippen molar-refractivity contribution in [3.8, 4) is 0 Å². The van der Waals surface area contributed by atoms with E-state index in [0.717, 1.165) is 18.4 Å². The molecule has 0 radical (unpaired) electrons. The normalized spacial score (nSPS) is 11.4. The Hall–Kier alpha value is -2.26. The number of nitrogens with one attached hydrogen (secondary N) is 2. The van der Waals surface area contributed by atoms with Gasteiger partial charge in [0.15, 0.2) is 5.76 Å². The van der Waals surface area contributed by atoms with Gasteiger partial charge in [-0.1, -0.05) is 11.2 Å². The smallest absolute Gasteiger partial charge is 0.246 e. The van der Waals surface area contributed by atoms with Gasteiger partial charge in [-0.25, -0.2) is 13.1 Å². The fourth-order valence-electron chi connectivity index (χ4n) is 2.22. The number of sulfonamides is 1. The van der Waals surface area contributed by atoms with E-state index >= 15 is 0 Å². The summed E-state index contributed by atoms with van der Waals surface area (Å²) < 4.78 is 31.4. The van der Waals surface area contributed by atoms with E-state index in [2.05, 4.69) is 20.2 Å². The maximum Gasteiger partial charge on any atom is 0.246 e. The molecule has 1 amide bonds. The van der Waals surface area contributed by atoms with Crippen LogP contribution < -0.4 is 10.0 Å². The maximum atomic E-state index is 12.2. The summed E-state index contributed by atoms with van der Waals surface area (Å²) in [4.78, 5) is 15.7. The zero-order valence-corrected chi connectivity index (χ0v) is 14.4. The van der Waals surface area contributed by atoms with Gasteiger partial charge >= 0.3 is 0 Å². The van der Waals surface area contributed by atoms with Crippen LogP contribution in [0.1, 0.15) is 23.4 Å².